The largest absolute Gasteiger partial charge is 0.344 e. The standard InChI is InChI=1S/C2H10N2O6P2/c3-1(11(5,6)7)2(4)12(8,9)10/h1-2H,3-4H2,(H2,5,6,7)(H2,8,9,10). The predicted molar refractivity (Wildman–Crippen MR) is 40.0 cm³/mol. The summed E-state index contributed by atoms with van der Waals surface area (Å²) in [6.07, 6.45) is 0. The Morgan fingerprint density at radius 2 is 1.00 bits per heavy atom. The van der Waals surface area contributed by atoms with Crippen molar-refractivity contribution < 1.29 is 28.7 Å². The van der Waals surface area contributed by atoms with Crippen molar-refractivity contribution in [1.82, 2.24) is 0 Å². The molecular weight excluding hydrogens is 210 g/mol. The Morgan fingerprint density at radius 3 is 1.08 bits per heavy atom. The first-order chi connectivity index (χ1) is 5.07. The average Bonchev–Trinajstić information content (AvgIpc) is 1.80. The normalized spacial score (nSPS) is 18.8. The molecule has 0 fully saturated rings. The highest BCUT2D eigenvalue weighted by molar-refractivity contribution is 7.57. The zero-order valence-electron chi connectivity index (χ0n) is 5.81. The van der Waals surface area contributed by atoms with Crippen molar-refractivity contribution in [2.75, 3.05) is 0 Å². The molecule has 2 atom stereocenters. The summed E-state index contributed by atoms with van der Waals surface area (Å²) in [6.45, 7) is 0. The second kappa shape index (κ2) is 3.53. The van der Waals surface area contributed by atoms with E-state index < -0.39 is 26.8 Å². The van der Waals surface area contributed by atoms with Crippen molar-refractivity contribution in [2.45, 2.75) is 11.6 Å². The first-order valence-corrected chi connectivity index (χ1v) is 6.04. The topological polar surface area (TPSA) is 167 Å². The third kappa shape index (κ3) is 3.30. The summed E-state index contributed by atoms with van der Waals surface area (Å²) >= 11 is 0. The van der Waals surface area contributed by atoms with Crippen LogP contribution in [0.4, 0.5) is 0 Å². The second-order valence-corrected chi connectivity index (χ2v) is 5.71. The third-order valence-corrected chi connectivity index (χ3v) is 3.56. The highest BCUT2D eigenvalue weighted by Crippen LogP contribution is 2.49. The minimum Gasteiger partial charge on any atom is -0.323 e. The van der Waals surface area contributed by atoms with Crippen LogP contribution in [0.3, 0.4) is 0 Å². The molecule has 12 heavy (non-hydrogen) atoms. The molecule has 0 aliphatic carbocycles. The van der Waals surface area contributed by atoms with Crippen LogP contribution in [0.1, 0.15) is 0 Å². The van der Waals surface area contributed by atoms with Crippen molar-refractivity contribution in [3.05, 3.63) is 0 Å². The van der Waals surface area contributed by atoms with Crippen LogP contribution in [-0.2, 0) is 9.13 Å². The van der Waals surface area contributed by atoms with Gasteiger partial charge in [0.15, 0.2) is 0 Å². The van der Waals surface area contributed by atoms with Crippen LogP contribution in [0.5, 0.6) is 0 Å². The Hall–Kier alpha value is 0.220. The predicted octanol–water partition coefficient (Wildman–Crippen LogP) is -2.09. The van der Waals surface area contributed by atoms with E-state index in [4.69, 9.17) is 31.0 Å². The van der Waals surface area contributed by atoms with Gasteiger partial charge >= 0.3 is 15.2 Å². The summed E-state index contributed by atoms with van der Waals surface area (Å²) in [5, 5.41) is 0. The van der Waals surface area contributed by atoms with E-state index in [0.717, 1.165) is 0 Å². The molecule has 8 N–H and O–H groups in total. The molecule has 0 aliphatic heterocycles. The smallest absolute Gasteiger partial charge is 0.323 e. The number of hydrogen-bond donors (Lipinski definition) is 6. The van der Waals surface area contributed by atoms with Crippen LogP contribution in [-0.4, -0.2) is 31.1 Å². The zero-order valence-corrected chi connectivity index (χ0v) is 7.60. The van der Waals surface area contributed by atoms with Crippen molar-refractivity contribution in [2.24, 2.45) is 11.5 Å². The van der Waals surface area contributed by atoms with E-state index in [-0.39, 0.29) is 0 Å². The highest BCUT2D eigenvalue weighted by atomic mass is 31.2. The molecule has 0 spiro atoms. The fourth-order valence-electron chi connectivity index (χ4n) is 0.398. The maximum absolute atomic E-state index is 10.4. The van der Waals surface area contributed by atoms with Gasteiger partial charge in [0.05, 0.1) is 0 Å². The van der Waals surface area contributed by atoms with Gasteiger partial charge in [0.25, 0.3) is 0 Å². The van der Waals surface area contributed by atoms with Crippen molar-refractivity contribution >= 4 is 15.2 Å². The first kappa shape index (κ1) is 12.2. The van der Waals surface area contributed by atoms with Crippen LogP contribution in [0, 0.1) is 0 Å². The molecule has 0 saturated heterocycles. The Bertz CT molecular complexity index is 216. The molecule has 10 heteroatoms. The fraction of sp³-hybridized carbons (Fsp3) is 1.00. The lowest BCUT2D eigenvalue weighted by Gasteiger charge is -2.21. The minimum absolute atomic E-state index is 2.04. The van der Waals surface area contributed by atoms with Gasteiger partial charge < -0.3 is 31.0 Å². The lowest BCUT2D eigenvalue weighted by atomic mass is 10.7. The Morgan fingerprint density at radius 1 is 0.833 bits per heavy atom. The zero-order chi connectivity index (χ0) is 10.2. The molecule has 0 saturated carbocycles. The number of hydrogen-bond acceptors (Lipinski definition) is 4. The summed E-state index contributed by atoms with van der Waals surface area (Å²) in [4.78, 5) is 33.5. The molecule has 8 nitrogen and oxygen atoms in total. The van der Waals surface area contributed by atoms with Crippen molar-refractivity contribution in [3.63, 3.8) is 0 Å². The van der Waals surface area contributed by atoms with Crippen LogP contribution in [0.2, 0.25) is 0 Å². The Balaban J connectivity index is 4.64. The summed E-state index contributed by atoms with van der Waals surface area (Å²) in [5.41, 5.74) is 9.60. The van der Waals surface area contributed by atoms with Gasteiger partial charge in [-0.05, 0) is 0 Å². The lowest BCUT2D eigenvalue weighted by Crippen LogP contribution is -2.40. The van der Waals surface area contributed by atoms with E-state index in [0.29, 0.717) is 0 Å². The molecule has 0 aromatic rings. The van der Waals surface area contributed by atoms with E-state index >= 15 is 0 Å². The van der Waals surface area contributed by atoms with E-state index in [1.807, 2.05) is 0 Å². The van der Waals surface area contributed by atoms with Gasteiger partial charge in [-0.15, -0.1) is 0 Å². The summed E-state index contributed by atoms with van der Waals surface area (Å²) in [6, 6.07) is 0. The monoisotopic (exact) mass is 220 g/mol. The maximum atomic E-state index is 10.4. The van der Waals surface area contributed by atoms with E-state index in [2.05, 4.69) is 0 Å². The van der Waals surface area contributed by atoms with Gasteiger partial charge in [-0.25, -0.2) is 0 Å². The van der Waals surface area contributed by atoms with Gasteiger partial charge in [-0.1, -0.05) is 0 Å². The molecule has 74 valence electrons. The molecule has 0 aromatic carbocycles. The molecular formula is C2H10N2O6P2. The van der Waals surface area contributed by atoms with Gasteiger partial charge in [0.2, 0.25) is 0 Å². The van der Waals surface area contributed by atoms with Gasteiger partial charge in [-0.3, -0.25) is 9.13 Å². The van der Waals surface area contributed by atoms with Crippen molar-refractivity contribution in [1.29, 1.82) is 0 Å². The van der Waals surface area contributed by atoms with Gasteiger partial charge in [0.1, 0.15) is 11.6 Å². The summed E-state index contributed by atoms with van der Waals surface area (Å²) < 4.78 is 20.7. The van der Waals surface area contributed by atoms with Gasteiger partial charge in [-0.2, -0.15) is 0 Å². The van der Waals surface area contributed by atoms with Crippen LogP contribution < -0.4 is 11.5 Å². The average molecular weight is 220 g/mol. The highest BCUT2D eigenvalue weighted by Gasteiger charge is 2.40. The fourth-order valence-corrected chi connectivity index (χ4v) is 2.24. The Labute approximate surface area is 67.9 Å². The summed E-state index contributed by atoms with van der Waals surface area (Å²) in [7, 11) is -9.50. The molecule has 0 bridgehead atoms. The molecule has 0 radical (unpaired) electrons. The third-order valence-electron chi connectivity index (χ3n) is 1.13. The van der Waals surface area contributed by atoms with Gasteiger partial charge in [0, 0.05) is 0 Å². The van der Waals surface area contributed by atoms with Crippen molar-refractivity contribution in [3.8, 4) is 0 Å². The first-order valence-electron chi connectivity index (χ1n) is 2.68. The molecule has 0 amide bonds. The molecule has 2 unspecified atom stereocenters. The van der Waals surface area contributed by atoms with Crippen LogP contribution >= 0.6 is 15.2 Å². The van der Waals surface area contributed by atoms with E-state index in [9.17, 15) is 9.13 Å². The summed E-state index contributed by atoms with van der Waals surface area (Å²) in [5.74, 6) is -4.09. The lowest BCUT2D eigenvalue weighted by molar-refractivity contribution is 0.331. The minimum atomic E-state index is -4.75. The number of nitrogens with two attached hydrogens (primary N) is 2. The number of rotatable bonds is 3. The second-order valence-electron chi connectivity index (χ2n) is 2.16. The molecule has 0 aromatic heterocycles. The Kier molecular flexibility index (Phi) is 3.59. The molecule has 0 heterocycles. The SMILES string of the molecule is NC(C(N)P(=O)(O)O)P(=O)(O)O. The van der Waals surface area contributed by atoms with E-state index in [1.54, 1.807) is 0 Å². The quantitative estimate of drug-likeness (QED) is 0.294. The van der Waals surface area contributed by atoms with Crippen LogP contribution in [0.15, 0.2) is 0 Å². The maximum Gasteiger partial charge on any atom is 0.344 e. The van der Waals surface area contributed by atoms with Crippen LogP contribution in [0.25, 0.3) is 0 Å². The van der Waals surface area contributed by atoms with E-state index in [1.165, 1.54) is 0 Å². The molecule has 0 rings (SSSR count). The molecule has 0 aliphatic rings.